The molecule has 4 heteroatoms. The minimum absolute atomic E-state index is 0.333. The summed E-state index contributed by atoms with van der Waals surface area (Å²) in [6.45, 7) is 7.53. The standard InChI is InChI=1S/C43H74N2O2/c1-4-7-10-12-14-16-19-24-28-38-31-32-39(29-25-20-17-15-18-22-27-34-44-36-46)42(40(38)30-23-9-6-3)41-35-43(41,45-37-47)33-26-21-13-11-8-5-2/h31-32,35,38-40,42H,4-30,33-34H2,1-3H3. The van der Waals surface area contributed by atoms with Gasteiger partial charge in [0, 0.05) is 0 Å². The second-order valence-electron chi connectivity index (χ2n) is 15.1. The molecular weight excluding hydrogens is 576 g/mol. The molecule has 0 bridgehead atoms. The van der Waals surface area contributed by atoms with Gasteiger partial charge < -0.3 is 0 Å². The first kappa shape index (κ1) is 41.4. The maximum atomic E-state index is 11.8. The van der Waals surface area contributed by atoms with Crippen molar-refractivity contribution >= 4 is 12.2 Å². The van der Waals surface area contributed by atoms with Crippen LogP contribution in [0.15, 0.2) is 33.8 Å². The van der Waals surface area contributed by atoms with E-state index in [1.54, 1.807) is 6.08 Å². The van der Waals surface area contributed by atoms with E-state index in [2.05, 4.69) is 49.0 Å². The van der Waals surface area contributed by atoms with Gasteiger partial charge in [-0.05, 0) is 67.4 Å². The van der Waals surface area contributed by atoms with Gasteiger partial charge in [0.1, 0.15) is 5.54 Å². The zero-order chi connectivity index (χ0) is 33.8. The smallest absolute Gasteiger partial charge is 0.211 e. The van der Waals surface area contributed by atoms with Gasteiger partial charge in [0.05, 0.1) is 6.54 Å². The quantitative estimate of drug-likeness (QED) is 0.0315. The first-order chi connectivity index (χ1) is 23.2. The van der Waals surface area contributed by atoms with Crippen molar-refractivity contribution in [3.05, 3.63) is 23.8 Å². The third-order valence-corrected chi connectivity index (χ3v) is 11.3. The fourth-order valence-corrected chi connectivity index (χ4v) is 8.45. The van der Waals surface area contributed by atoms with Crippen LogP contribution in [0.25, 0.3) is 0 Å². The number of hydrogen-bond donors (Lipinski definition) is 0. The highest BCUT2D eigenvalue weighted by atomic mass is 16.1. The monoisotopic (exact) mass is 651 g/mol. The summed E-state index contributed by atoms with van der Waals surface area (Å²) in [5.74, 6) is 2.43. The molecular formula is C43H74N2O2. The molecule has 0 aromatic carbocycles. The lowest BCUT2D eigenvalue weighted by atomic mass is 9.64. The molecule has 5 atom stereocenters. The lowest BCUT2D eigenvalue weighted by molar-refractivity contribution is 0.185. The van der Waals surface area contributed by atoms with E-state index in [9.17, 15) is 9.59 Å². The van der Waals surface area contributed by atoms with E-state index in [1.807, 2.05) is 6.08 Å². The molecule has 2 aliphatic carbocycles. The lowest BCUT2D eigenvalue weighted by Gasteiger charge is -2.41. The topological polar surface area (TPSA) is 58.9 Å². The Morgan fingerprint density at radius 1 is 0.553 bits per heavy atom. The summed E-state index contributed by atoms with van der Waals surface area (Å²) in [5.41, 5.74) is 1.17. The summed E-state index contributed by atoms with van der Waals surface area (Å²) in [7, 11) is 0. The highest BCUT2D eigenvalue weighted by Gasteiger charge is 2.52. The van der Waals surface area contributed by atoms with Crippen molar-refractivity contribution in [2.45, 2.75) is 206 Å². The molecule has 4 nitrogen and oxygen atoms in total. The number of allylic oxidation sites excluding steroid dienone is 2. The molecule has 5 unspecified atom stereocenters. The average Bonchev–Trinajstić information content (AvgIpc) is 3.78. The molecule has 0 heterocycles. The molecule has 0 aromatic rings. The predicted octanol–water partition coefficient (Wildman–Crippen LogP) is 13.4. The maximum Gasteiger partial charge on any atom is 0.236 e. The van der Waals surface area contributed by atoms with Crippen molar-refractivity contribution < 1.29 is 9.59 Å². The molecule has 0 amide bonds. The van der Waals surface area contributed by atoms with Crippen molar-refractivity contribution in [3.63, 3.8) is 0 Å². The number of hydrogen-bond acceptors (Lipinski definition) is 4. The van der Waals surface area contributed by atoms with E-state index in [4.69, 9.17) is 0 Å². The summed E-state index contributed by atoms with van der Waals surface area (Å²) in [4.78, 5) is 30.3. The molecule has 2 rings (SSSR count). The van der Waals surface area contributed by atoms with Crippen LogP contribution in [0.4, 0.5) is 0 Å². The van der Waals surface area contributed by atoms with Crippen LogP contribution in [0.1, 0.15) is 201 Å². The first-order valence-corrected chi connectivity index (χ1v) is 20.7. The third kappa shape index (κ3) is 17.0. The Balaban J connectivity index is 2.07. The number of unbranched alkanes of at least 4 members (excludes halogenated alkanes) is 20. The lowest BCUT2D eigenvalue weighted by Crippen LogP contribution is -2.34. The van der Waals surface area contributed by atoms with Crippen LogP contribution in [-0.2, 0) is 9.59 Å². The van der Waals surface area contributed by atoms with Crippen molar-refractivity contribution in [1.29, 1.82) is 0 Å². The maximum absolute atomic E-state index is 11.8. The van der Waals surface area contributed by atoms with Crippen molar-refractivity contribution in [3.8, 4) is 0 Å². The third-order valence-electron chi connectivity index (χ3n) is 11.3. The molecule has 268 valence electrons. The van der Waals surface area contributed by atoms with Gasteiger partial charge in [-0.2, -0.15) is 4.99 Å². The van der Waals surface area contributed by atoms with Gasteiger partial charge >= 0.3 is 0 Å². The summed E-state index contributed by atoms with van der Waals surface area (Å²) >= 11 is 0. The number of isocyanates is 2. The molecule has 0 saturated carbocycles. The Hall–Kier alpha value is -1.76. The Bertz CT molecular complexity index is 943. The van der Waals surface area contributed by atoms with Gasteiger partial charge in [-0.25, -0.2) is 14.6 Å². The van der Waals surface area contributed by atoms with E-state index >= 15 is 0 Å². The zero-order valence-corrected chi connectivity index (χ0v) is 31.3. The van der Waals surface area contributed by atoms with Gasteiger partial charge in [0.25, 0.3) is 0 Å². The fourth-order valence-electron chi connectivity index (χ4n) is 8.45. The Labute approximate surface area is 291 Å². The number of nitrogens with zero attached hydrogens (tertiary/aromatic N) is 2. The largest absolute Gasteiger partial charge is 0.236 e. The Morgan fingerprint density at radius 2 is 1.02 bits per heavy atom. The van der Waals surface area contributed by atoms with Crippen LogP contribution >= 0.6 is 0 Å². The van der Waals surface area contributed by atoms with Gasteiger partial charge in [-0.15, -0.1) is 0 Å². The second-order valence-corrected chi connectivity index (χ2v) is 15.1. The average molecular weight is 651 g/mol. The Morgan fingerprint density at radius 3 is 1.60 bits per heavy atom. The summed E-state index contributed by atoms with van der Waals surface area (Å²) in [5, 5.41) is 0. The van der Waals surface area contributed by atoms with E-state index in [-0.39, 0.29) is 5.54 Å². The number of aliphatic imine (C=N–C) groups is 2. The summed E-state index contributed by atoms with van der Waals surface area (Å²) in [6.07, 6.45) is 47.3. The summed E-state index contributed by atoms with van der Waals surface area (Å²) in [6, 6.07) is 0. The predicted molar refractivity (Wildman–Crippen MR) is 201 cm³/mol. The molecule has 0 N–H and O–H groups in total. The summed E-state index contributed by atoms with van der Waals surface area (Å²) < 4.78 is 0. The molecule has 0 spiro atoms. The van der Waals surface area contributed by atoms with Crippen LogP contribution < -0.4 is 0 Å². The van der Waals surface area contributed by atoms with Gasteiger partial charge in [-0.3, -0.25) is 0 Å². The Kier molecular flexibility index (Phi) is 23.9. The van der Waals surface area contributed by atoms with Crippen molar-refractivity contribution in [1.82, 2.24) is 0 Å². The fraction of sp³-hybridized carbons (Fsp3) is 0.860. The van der Waals surface area contributed by atoms with E-state index < -0.39 is 0 Å². The van der Waals surface area contributed by atoms with E-state index in [0.717, 1.165) is 25.7 Å². The van der Waals surface area contributed by atoms with E-state index in [1.165, 1.54) is 160 Å². The normalized spacial score (nSPS) is 23.3. The highest BCUT2D eigenvalue weighted by Crippen LogP contribution is 2.56. The first-order valence-electron chi connectivity index (χ1n) is 20.7. The van der Waals surface area contributed by atoms with Crippen molar-refractivity contribution in [2.24, 2.45) is 33.7 Å². The molecule has 47 heavy (non-hydrogen) atoms. The SMILES string of the molecule is CCCCCCCCCCC1C=CC(CCCCCCCCCN=C=O)C(C2=CC2(CCCCCCCC)N=C=O)C1CCCCC. The zero-order valence-electron chi connectivity index (χ0n) is 31.3. The van der Waals surface area contributed by atoms with Crippen LogP contribution in [0.5, 0.6) is 0 Å². The van der Waals surface area contributed by atoms with Crippen LogP contribution in [-0.4, -0.2) is 24.2 Å². The minimum atomic E-state index is -0.333. The van der Waals surface area contributed by atoms with E-state index in [0.29, 0.717) is 30.2 Å². The molecule has 0 fully saturated rings. The molecule has 0 saturated heterocycles. The van der Waals surface area contributed by atoms with Crippen LogP contribution in [0, 0.1) is 23.7 Å². The van der Waals surface area contributed by atoms with Gasteiger partial charge in [-0.1, -0.05) is 181 Å². The number of carbonyl (C=O) groups excluding carboxylic acids is 2. The van der Waals surface area contributed by atoms with Gasteiger partial charge in [0.2, 0.25) is 12.2 Å². The second kappa shape index (κ2) is 27.1. The number of rotatable bonds is 32. The molecule has 0 aliphatic heterocycles. The molecule has 0 aromatic heterocycles. The van der Waals surface area contributed by atoms with Crippen LogP contribution in [0.3, 0.4) is 0 Å². The highest BCUT2D eigenvalue weighted by molar-refractivity contribution is 5.54. The minimum Gasteiger partial charge on any atom is -0.211 e. The molecule has 0 radical (unpaired) electrons. The van der Waals surface area contributed by atoms with Crippen LogP contribution in [0.2, 0.25) is 0 Å². The van der Waals surface area contributed by atoms with Gasteiger partial charge in [0.15, 0.2) is 0 Å². The van der Waals surface area contributed by atoms with Crippen molar-refractivity contribution in [2.75, 3.05) is 6.54 Å². The molecule has 2 aliphatic rings.